The minimum atomic E-state index is 0.312. The average molecular weight is 325 g/mol. The Labute approximate surface area is 141 Å². The molecule has 4 fully saturated rings. The number of hydrogen-bond acceptors (Lipinski definition) is 2. The normalized spacial score (nSPS) is 38.9. The lowest BCUT2D eigenvalue weighted by atomic mass is 9.84. The third kappa shape index (κ3) is 2.97. The van der Waals surface area contributed by atoms with Crippen LogP contribution in [-0.2, 0) is 9.47 Å². The first-order valence-corrected chi connectivity index (χ1v) is 9.96. The summed E-state index contributed by atoms with van der Waals surface area (Å²) in [6, 6.07) is 0. The number of ether oxygens (including phenoxy) is 2. The Balaban J connectivity index is 1.41. The molecule has 0 aromatic heterocycles. The van der Waals surface area contributed by atoms with Crippen molar-refractivity contribution in [3.63, 3.8) is 0 Å². The van der Waals surface area contributed by atoms with Gasteiger partial charge in [0.2, 0.25) is 0 Å². The molecule has 4 nitrogen and oxygen atoms in total. The van der Waals surface area contributed by atoms with Crippen molar-refractivity contribution < 1.29 is 18.4 Å². The van der Waals surface area contributed by atoms with Crippen LogP contribution in [0, 0.1) is 5.41 Å². The molecule has 0 amide bonds. The van der Waals surface area contributed by atoms with Crippen LogP contribution in [0.3, 0.4) is 0 Å². The van der Waals surface area contributed by atoms with Crippen LogP contribution >= 0.6 is 0 Å². The smallest absolute Gasteiger partial charge is 0.193 e. The van der Waals surface area contributed by atoms with Crippen molar-refractivity contribution in [1.29, 1.82) is 0 Å². The van der Waals surface area contributed by atoms with E-state index in [1.54, 1.807) is 0 Å². The standard InChI is InChI=1S/C19H36N2O2/c1-20(9-5-3-6-10-20)17-13-19(15-22-17)14-18(23-16-19)21(2)11-7-4-8-12-21/h17-18H,3-16H2,1-2H3/q+2/t17-,18-,19?/m0/s1. The van der Waals surface area contributed by atoms with Gasteiger partial charge < -0.3 is 18.4 Å². The summed E-state index contributed by atoms with van der Waals surface area (Å²) >= 11 is 0. The van der Waals surface area contributed by atoms with Gasteiger partial charge in [0.25, 0.3) is 0 Å². The Bertz CT molecular complexity index is 387. The fourth-order valence-electron chi connectivity index (χ4n) is 5.61. The zero-order chi connectivity index (χ0) is 16.0. The van der Waals surface area contributed by atoms with Crippen molar-refractivity contribution in [1.82, 2.24) is 0 Å². The quantitative estimate of drug-likeness (QED) is 0.727. The van der Waals surface area contributed by atoms with Crippen molar-refractivity contribution in [2.75, 3.05) is 53.5 Å². The Kier molecular flexibility index (Phi) is 4.24. The van der Waals surface area contributed by atoms with Gasteiger partial charge in [0.15, 0.2) is 12.5 Å². The summed E-state index contributed by atoms with van der Waals surface area (Å²) in [5, 5.41) is 0. The highest BCUT2D eigenvalue weighted by atomic mass is 16.5. The lowest BCUT2D eigenvalue weighted by Crippen LogP contribution is -2.55. The van der Waals surface area contributed by atoms with Gasteiger partial charge in [0, 0.05) is 18.3 Å². The van der Waals surface area contributed by atoms with Gasteiger partial charge >= 0.3 is 0 Å². The maximum Gasteiger partial charge on any atom is 0.193 e. The van der Waals surface area contributed by atoms with E-state index >= 15 is 0 Å². The zero-order valence-electron chi connectivity index (χ0n) is 15.3. The second-order valence-corrected chi connectivity index (χ2v) is 9.41. The molecule has 0 bridgehead atoms. The molecule has 0 saturated carbocycles. The van der Waals surface area contributed by atoms with Crippen LogP contribution in [0.4, 0.5) is 0 Å². The van der Waals surface area contributed by atoms with Gasteiger partial charge in [-0.05, 0) is 38.5 Å². The maximum absolute atomic E-state index is 6.39. The molecule has 4 heteroatoms. The SMILES string of the molecule is C[N+]1([C@@H]2CC3(CO2)CO[C@H]([N+]2(C)CCCCC2)C3)CCCCC1. The van der Waals surface area contributed by atoms with E-state index in [0.717, 1.165) is 22.2 Å². The van der Waals surface area contributed by atoms with Crippen molar-refractivity contribution in [3.05, 3.63) is 0 Å². The van der Waals surface area contributed by atoms with Crippen LogP contribution in [0.5, 0.6) is 0 Å². The highest BCUT2D eigenvalue weighted by molar-refractivity contribution is 4.91. The molecule has 0 aromatic rings. The largest absolute Gasteiger partial charge is 0.328 e. The summed E-state index contributed by atoms with van der Waals surface area (Å²) < 4.78 is 15.1. The third-order valence-electron chi connectivity index (χ3n) is 7.45. The van der Waals surface area contributed by atoms with Crippen molar-refractivity contribution in [2.45, 2.75) is 63.8 Å². The first kappa shape index (κ1) is 16.3. The van der Waals surface area contributed by atoms with Gasteiger partial charge in [-0.2, -0.15) is 0 Å². The highest BCUT2D eigenvalue weighted by Gasteiger charge is 2.56. The highest BCUT2D eigenvalue weighted by Crippen LogP contribution is 2.47. The Hall–Kier alpha value is -0.160. The van der Waals surface area contributed by atoms with Gasteiger partial charge in [-0.25, -0.2) is 0 Å². The average Bonchev–Trinajstić information content (AvgIpc) is 3.18. The number of likely N-dealkylation sites (tertiary alicyclic amines) is 2. The van der Waals surface area contributed by atoms with Crippen molar-refractivity contribution in [3.8, 4) is 0 Å². The molecule has 0 unspecified atom stereocenters. The number of nitrogens with zero attached hydrogens (tertiary/aromatic N) is 2. The predicted octanol–water partition coefficient (Wildman–Crippen LogP) is 2.73. The van der Waals surface area contributed by atoms with Crippen LogP contribution in [0.1, 0.15) is 51.4 Å². The number of piperidine rings is 2. The first-order chi connectivity index (χ1) is 11.0. The van der Waals surface area contributed by atoms with Gasteiger partial charge in [-0.3, -0.25) is 0 Å². The molecule has 23 heavy (non-hydrogen) atoms. The van der Waals surface area contributed by atoms with E-state index in [-0.39, 0.29) is 0 Å². The van der Waals surface area contributed by atoms with E-state index in [2.05, 4.69) is 14.1 Å². The summed E-state index contributed by atoms with van der Waals surface area (Å²) in [7, 11) is 4.85. The second kappa shape index (κ2) is 5.98. The molecule has 4 aliphatic heterocycles. The third-order valence-corrected chi connectivity index (χ3v) is 7.45. The molecule has 1 spiro atoms. The molecule has 4 heterocycles. The number of rotatable bonds is 2. The summed E-state index contributed by atoms with van der Waals surface area (Å²) in [4.78, 5) is 0. The first-order valence-electron chi connectivity index (χ1n) is 9.96. The molecule has 4 rings (SSSR count). The molecule has 0 aromatic carbocycles. The number of quaternary nitrogens is 2. The van der Waals surface area contributed by atoms with Gasteiger partial charge in [0.05, 0.1) is 53.5 Å². The molecule has 4 aliphatic rings. The fraction of sp³-hybridized carbons (Fsp3) is 1.00. The van der Waals surface area contributed by atoms with Gasteiger partial charge in [-0.1, -0.05) is 0 Å². The van der Waals surface area contributed by atoms with E-state index in [1.165, 1.54) is 77.5 Å². The van der Waals surface area contributed by atoms with Crippen molar-refractivity contribution in [2.24, 2.45) is 5.41 Å². The van der Waals surface area contributed by atoms with E-state index < -0.39 is 0 Å². The monoisotopic (exact) mass is 324 g/mol. The molecule has 132 valence electrons. The second-order valence-electron chi connectivity index (χ2n) is 9.41. The summed E-state index contributed by atoms with van der Waals surface area (Å²) in [6.07, 6.45) is 11.6. The van der Waals surface area contributed by atoms with Gasteiger partial charge in [-0.15, -0.1) is 0 Å². The van der Waals surface area contributed by atoms with Crippen LogP contribution in [0.15, 0.2) is 0 Å². The molecule has 4 saturated heterocycles. The molecule has 0 radical (unpaired) electrons. The molecular weight excluding hydrogens is 288 g/mol. The molecular formula is C19H36N2O2+2. The minimum absolute atomic E-state index is 0.312. The van der Waals surface area contributed by atoms with E-state index in [4.69, 9.17) is 9.47 Å². The molecule has 2 atom stereocenters. The Morgan fingerprint density at radius 2 is 1.04 bits per heavy atom. The molecule has 0 N–H and O–H groups in total. The lowest BCUT2D eigenvalue weighted by molar-refractivity contribution is -0.957. The van der Waals surface area contributed by atoms with Crippen LogP contribution in [0.25, 0.3) is 0 Å². The summed E-state index contributed by atoms with van der Waals surface area (Å²) in [6.45, 7) is 7.08. The summed E-state index contributed by atoms with van der Waals surface area (Å²) in [5.74, 6) is 0. The lowest BCUT2D eigenvalue weighted by Gasteiger charge is -2.42. The van der Waals surface area contributed by atoms with E-state index in [9.17, 15) is 0 Å². The molecule has 0 aliphatic carbocycles. The Morgan fingerprint density at radius 1 is 0.652 bits per heavy atom. The summed E-state index contributed by atoms with van der Waals surface area (Å²) in [5.41, 5.74) is 0.312. The van der Waals surface area contributed by atoms with E-state index in [1.807, 2.05) is 0 Å². The van der Waals surface area contributed by atoms with Gasteiger partial charge in [0.1, 0.15) is 0 Å². The van der Waals surface area contributed by atoms with Crippen molar-refractivity contribution >= 4 is 0 Å². The fourth-order valence-corrected chi connectivity index (χ4v) is 5.61. The number of hydrogen-bond donors (Lipinski definition) is 0. The topological polar surface area (TPSA) is 18.5 Å². The zero-order valence-corrected chi connectivity index (χ0v) is 15.3. The van der Waals surface area contributed by atoms with Crippen LogP contribution < -0.4 is 0 Å². The maximum atomic E-state index is 6.39. The minimum Gasteiger partial charge on any atom is -0.328 e. The van der Waals surface area contributed by atoms with Crippen LogP contribution in [-0.4, -0.2) is 74.9 Å². The predicted molar refractivity (Wildman–Crippen MR) is 90.7 cm³/mol. The Morgan fingerprint density at radius 3 is 1.43 bits per heavy atom. The van der Waals surface area contributed by atoms with E-state index in [0.29, 0.717) is 17.9 Å². The van der Waals surface area contributed by atoms with Crippen LogP contribution in [0.2, 0.25) is 0 Å².